The molecule has 1 heterocycles. The van der Waals surface area contributed by atoms with Gasteiger partial charge in [0.25, 0.3) is 5.91 Å². The van der Waals surface area contributed by atoms with Crippen LogP contribution >= 0.6 is 11.3 Å². The lowest BCUT2D eigenvalue weighted by molar-refractivity contribution is -0.122. The molecule has 0 unspecified atom stereocenters. The minimum Gasteiger partial charge on any atom is -0.481 e. The van der Waals surface area contributed by atoms with Crippen LogP contribution in [0.25, 0.3) is 11.3 Å². The Morgan fingerprint density at radius 3 is 2.64 bits per heavy atom. The second-order valence-corrected chi connectivity index (χ2v) is 6.08. The molecule has 1 atom stereocenters. The van der Waals surface area contributed by atoms with Gasteiger partial charge in [0, 0.05) is 11.6 Å². The van der Waals surface area contributed by atoms with E-state index in [2.05, 4.69) is 10.3 Å². The van der Waals surface area contributed by atoms with E-state index < -0.39 is 23.6 Å². The van der Waals surface area contributed by atoms with E-state index in [1.807, 2.05) is 30.3 Å². The first-order chi connectivity index (χ1) is 12.0. The lowest BCUT2D eigenvalue weighted by Gasteiger charge is -2.14. The van der Waals surface area contributed by atoms with E-state index in [-0.39, 0.29) is 5.75 Å². The first-order valence-electron chi connectivity index (χ1n) is 7.46. The Kier molecular flexibility index (Phi) is 5.04. The lowest BCUT2D eigenvalue weighted by atomic mass is 10.2. The molecule has 1 N–H and O–H groups in total. The van der Waals surface area contributed by atoms with E-state index in [0.29, 0.717) is 10.7 Å². The topological polar surface area (TPSA) is 51.2 Å². The number of benzene rings is 2. The van der Waals surface area contributed by atoms with Crippen LogP contribution in [0.2, 0.25) is 0 Å². The zero-order valence-electron chi connectivity index (χ0n) is 13.2. The average molecular weight is 360 g/mol. The number of nitrogens with one attached hydrogen (secondary N) is 1. The Hall–Kier alpha value is -2.80. The highest BCUT2D eigenvalue weighted by Crippen LogP contribution is 2.30. The maximum Gasteiger partial charge on any atom is 0.265 e. The Labute approximate surface area is 147 Å². The van der Waals surface area contributed by atoms with Crippen molar-refractivity contribution < 1.29 is 18.3 Å². The summed E-state index contributed by atoms with van der Waals surface area (Å²) in [6.07, 6.45) is -0.893. The number of amides is 1. The summed E-state index contributed by atoms with van der Waals surface area (Å²) in [6.45, 7) is 1.53. The second-order valence-electron chi connectivity index (χ2n) is 5.22. The maximum atomic E-state index is 13.2. The van der Waals surface area contributed by atoms with Crippen molar-refractivity contribution in [1.29, 1.82) is 0 Å². The highest BCUT2D eigenvalue weighted by molar-refractivity contribution is 7.14. The zero-order chi connectivity index (χ0) is 17.8. The van der Waals surface area contributed by atoms with Crippen LogP contribution in [0.4, 0.5) is 13.8 Å². The SMILES string of the molecule is C[C@@H](Oc1ccc(F)c(F)c1)C(=O)Nc1scnc1-c1ccccc1. The molecule has 128 valence electrons. The fourth-order valence-electron chi connectivity index (χ4n) is 2.16. The van der Waals surface area contributed by atoms with E-state index >= 15 is 0 Å². The predicted octanol–water partition coefficient (Wildman–Crippen LogP) is 4.49. The van der Waals surface area contributed by atoms with Gasteiger partial charge in [-0.05, 0) is 19.1 Å². The van der Waals surface area contributed by atoms with Crippen LogP contribution in [-0.2, 0) is 4.79 Å². The van der Waals surface area contributed by atoms with Crippen LogP contribution < -0.4 is 10.1 Å². The number of carbonyl (C=O) groups is 1. The van der Waals surface area contributed by atoms with E-state index in [1.165, 1.54) is 24.3 Å². The first-order valence-corrected chi connectivity index (χ1v) is 8.34. The number of hydrogen-bond donors (Lipinski definition) is 1. The molecule has 2 aromatic carbocycles. The number of rotatable bonds is 5. The third-order valence-electron chi connectivity index (χ3n) is 3.42. The third kappa shape index (κ3) is 4.00. The molecule has 0 saturated carbocycles. The van der Waals surface area contributed by atoms with Gasteiger partial charge in [-0.15, -0.1) is 11.3 Å². The summed E-state index contributed by atoms with van der Waals surface area (Å²) < 4.78 is 31.5. The Morgan fingerprint density at radius 2 is 1.92 bits per heavy atom. The molecule has 1 aromatic heterocycles. The summed E-state index contributed by atoms with van der Waals surface area (Å²) in [4.78, 5) is 16.6. The van der Waals surface area contributed by atoms with E-state index in [1.54, 1.807) is 5.51 Å². The van der Waals surface area contributed by atoms with Crippen LogP contribution in [0.5, 0.6) is 5.75 Å². The van der Waals surface area contributed by atoms with Gasteiger partial charge >= 0.3 is 0 Å². The van der Waals surface area contributed by atoms with Crippen LogP contribution in [0.15, 0.2) is 54.0 Å². The summed E-state index contributed by atoms with van der Waals surface area (Å²) in [5, 5.41) is 3.35. The number of anilines is 1. The second kappa shape index (κ2) is 7.40. The molecule has 4 nitrogen and oxygen atoms in total. The number of ether oxygens (including phenoxy) is 1. The molecule has 25 heavy (non-hydrogen) atoms. The highest BCUT2D eigenvalue weighted by Gasteiger charge is 2.19. The van der Waals surface area contributed by atoms with Crippen molar-refractivity contribution in [2.45, 2.75) is 13.0 Å². The molecule has 3 rings (SSSR count). The molecule has 0 fully saturated rings. The van der Waals surface area contributed by atoms with Gasteiger partial charge < -0.3 is 10.1 Å². The van der Waals surface area contributed by atoms with E-state index in [9.17, 15) is 13.6 Å². The largest absolute Gasteiger partial charge is 0.481 e. The molecular weight excluding hydrogens is 346 g/mol. The van der Waals surface area contributed by atoms with Crippen LogP contribution in [0.3, 0.4) is 0 Å². The standard InChI is InChI=1S/C18H14F2N2O2S/c1-11(24-13-7-8-14(19)15(20)9-13)17(23)22-18-16(21-10-25-18)12-5-3-2-4-6-12/h2-11H,1H3,(H,22,23)/t11-/m1/s1. The molecule has 0 bridgehead atoms. The molecule has 0 radical (unpaired) electrons. The van der Waals surface area contributed by atoms with Gasteiger partial charge in [-0.1, -0.05) is 30.3 Å². The van der Waals surface area contributed by atoms with Gasteiger partial charge in [-0.2, -0.15) is 0 Å². The highest BCUT2D eigenvalue weighted by atomic mass is 32.1. The number of hydrogen-bond acceptors (Lipinski definition) is 4. The molecule has 0 saturated heterocycles. The quantitative estimate of drug-likeness (QED) is 0.729. The van der Waals surface area contributed by atoms with Crippen molar-refractivity contribution in [3.05, 3.63) is 65.7 Å². The maximum absolute atomic E-state index is 13.2. The zero-order valence-corrected chi connectivity index (χ0v) is 14.0. The van der Waals surface area contributed by atoms with Crippen molar-refractivity contribution in [3.8, 4) is 17.0 Å². The van der Waals surface area contributed by atoms with Crippen molar-refractivity contribution in [2.24, 2.45) is 0 Å². The Morgan fingerprint density at radius 1 is 1.16 bits per heavy atom. The van der Waals surface area contributed by atoms with Crippen molar-refractivity contribution in [2.75, 3.05) is 5.32 Å². The Bertz CT molecular complexity index is 884. The van der Waals surface area contributed by atoms with E-state index in [0.717, 1.165) is 17.7 Å². The van der Waals surface area contributed by atoms with Gasteiger partial charge in [0.15, 0.2) is 17.7 Å². The minimum absolute atomic E-state index is 0.0779. The van der Waals surface area contributed by atoms with Gasteiger partial charge in [-0.25, -0.2) is 13.8 Å². The monoisotopic (exact) mass is 360 g/mol. The van der Waals surface area contributed by atoms with Crippen molar-refractivity contribution in [3.63, 3.8) is 0 Å². The molecule has 0 aliphatic rings. The summed E-state index contributed by atoms with van der Waals surface area (Å²) in [5.74, 6) is -2.33. The normalized spacial score (nSPS) is 11.8. The Balaban J connectivity index is 1.70. The lowest BCUT2D eigenvalue weighted by Crippen LogP contribution is -2.30. The molecule has 0 spiro atoms. The van der Waals surface area contributed by atoms with Crippen molar-refractivity contribution >= 4 is 22.2 Å². The fraction of sp³-hybridized carbons (Fsp3) is 0.111. The smallest absolute Gasteiger partial charge is 0.265 e. The number of carbonyl (C=O) groups excluding carboxylic acids is 1. The summed E-state index contributed by atoms with van der Waals surface area (Å²) in [5.41, 5.74) is 3.19. The number of thiazole rings is 1. The minimum atomic E-state index is -1.03. The third-order valence-corrected chi connectivity index (χ3v) is 4.17. The fourth-order valence-corrected chi connectivity index (χ4v) is 2.86. The number of nitrogens with zero attached hydrogens (tertiary/aromatic N) is 1. The van der Waals surface area contributed by atoms with Crippen LogP contribution in [0, 0.1) is 11.6 Å². The molecular formula is C18H14F2N2O2S. The van der Waals surface area contributed by atoms with Gasteiger partial charge in [0.2, 0.25) is 0 Å². The molecule has 0 aliphatic heterocycles. The van der Waals surface area contributed by atoms with Crippen molar-refractivity contribution in [1.82, 2.24) is 4.98 Å². The van der Waals surface area contributed by atoms with Gasteiger partial charge in [-0.3, -0.25) is 4.79 Å². The van der Waals surface area contributed by atoms with E-state index in [4.69, 9.17) is 4.74 Å². The number of aromatic nitrogens is 1. The number of halogens is 2. The average Bonchev–Trinajstić information content (AvgIpc) is 3.07. The summed E-state index contributed by atoms with van der Waals surface area (Å²) >= 11 is 1.29. The van der Waals surface area contributed by atoms with Crippen LogP contribution in [-0.4, -0.2) is 17.0 Å². The molecule has 3 aromatic rings. The first kappa shape index (κ1) is 17.0. The molecule has 7 heteroatoms. The van der Waals surface area contributed by atoms with Crippen LogP contribution in [0.1, 0.15) is 6.92 Å². The molecule has 1 amide bonds. The van der Waals surface area contributed by atoms with Gasteiger partial charge in [0.05, 0.1) is 5.51 Å². The summed E-state index contributed by atoms with van der Waals surface area (Å²) in [6, 6.07) is 12.6. The van der Waals surface area contributed by atoms with Gasteiger partial charge in [0.1, 0.15) is 16.4 Å². The summed E-state index contributed by atoms with van der Waals surface area (Å²) in [7, 11) is 0. The predicted molar refractivity (Wildman–Crippen MR) is 92.6 cm³/mol. The molecule has 0 aliphatic carbocycles.